The normalized spacial score (nSPS) is 11.1. The van der Waals surface area contributed by atoms with E-state index in [-0.39, 0.29) is 5.02 Å². The lowest BCUT2D eigenvalue weighted by Gasteiger charge is -2.04. The average Bonchev–Trinajstić information content (AvgIpc) is 3.06. The molecule has 0 radical (unpaired) electrons. The molecule has 0 bridgehead atoms. The summed E-state index contributed by atoms with van der Waals surface area (Å²) in [4.78, 5) is 0. The van der Waals surface area contributed by atoms with Gasteiger partial charge in [-0.05, 0) is 52.7 Å². The molecule has 0 fully saturated rings. The molecule has 0 saturated heterocycles. The Kier molecular flexibility index (Phi) is 4.86. The van der Waals surface area contributed by atoms with Gasteiger partial charge < -0.3 is 5.32 Å². The van der Waals surface area contributed by atoms with Gasteiger partial charge in [0.1, 0.15) is 5.82 Å². The first-order chi connectivity index (χ1) is 11.7. The van der Waals surface area contributed by atoms with E-state index in [4.69, 9.17) is 11.6 Å². The summed E-state index contributed by atoms with van der Waals surface area (Å²) in [5, 5.41) is 14.8. The van der Waals surface area contributed by atoms with Crippen LogP contribution in [0.25, 0.3) is 11.8 Å². The highest BCUT2D eigenvalue weighted by Gasteiger charge is 2.05. The fraction of sp³-hybridized carbons (Fsp3) is 0.118. The summed E-state index contributed by atoms with van der Waals surface area (Å²) in [5.41, 5.74) is 2.80. The van der Waals surface area contributed by atoms with Gasteiger partial charge in [-0.2, -0.15) is 4.68 Å². The Labute approximate surface area is 143 Å². The van der Waals surface area contributed by atoms with Gasteiger partial charge >= 0.3 is 0 Å². The number of rotatable bonds is 5. The molecule has 5 nitrogen and oxygen atoms in total. The molecule has 0 unspecified atom stereocenters. The van der Waals surface area contributed by atoms with E-state index in [0.29, 0.717) is 11.5 Å². The minimum absolute atomic E-state index is 0.0641. The molecule has 0 saturated carbocycles. The lowest BCUT2D eigenvalue weighted by atomic mass is 10.1. The zero-order chi connectivity index (χ0) is 16.9. The zero-order valence-electron chi connectivity index (χ0n) is 12.9. The quantitative estimate of drug-likeness (QED) is 0.757. The predicted octanol–water partition coefficient (Wildman–Crippen LogP) is 4.10. The monoisotopic (exact) mass is 343 g/mol. The van der Waals surface area contributed by atoms with Crippen LogP contribution in [0.4, 0.5) is 10.1 Å². The van der Waals surface area contributed by atoms with Gasteiger partial charge in [0.2, 0.25) is 0 Å². The second-order valence-corrected chi connectivity index (χ2v) is 5.48. The van der Waals surface area contributed by atoms with Crippen LogP contribution in [0.5, 0.6) is 0 Å². The Bertz CT molecular complexity index is 858. The molecule has 1 N–H and O–H groups in total. The predicted molar refractivity (Wildman–Crippen MR) is 92.6 cm³/mol. The van der Waals surface area contributed by atoms with Crippen molar-refractivity contribution in [3.8, 4) is 5.69 Å². The Morgan fingerprint density at radius 1 is 1.21 bits per heavy atom. The number of hydrogen-bond donors (Lipinski definition) is 1. The average molecular weight is 344 g/mol. The van der Waals surface area contributed by atoms with Crippen LogP contribution in [0, 0.1) is 5.82 Å². The van der Waals surface area contributed by atoms with E-state index < -0.39 is 5.82 Å². The molecule has 7 heteroatoms. The van der Waals surface area contributed by atoms with Gasteiger partial charge in [0.25, 0.3) is 0 Å². The van der Waals surface area contributed by atoms with Crippen LogP contribution < -0.4 is 5.32 Å². The molecule has 3 aromatic rings. The molecule has 122 valence electrons. The van der Waals surface area contributed by atoms with Gasteiger partial charge in [-0.3, -0.25) is 0 Å². The smallest absolute Gasteiger partial charge is 0.181 e. The van der Waals surface area contributed by atoms with Crippen LogP contribution in [0.15, 0.2) is 48.7 Å². The van der Waals surface area contributed by atoms with E-state index in [1.165, 1.54) is 17.7 Å². The summed E-state index contributed by atoms with van der Waals surface area (Å²) in [5.74, 6) is 0.116. The molecule has 0 atom stereocenters. The fourth-order valence-corrected chi connectivity index (χ4v) is 2.33. The molecule has 24 heavy (non-hydrogen) atoms. The maximum atomic E-state index is 13.1. The van der Waals surface area contributed by atoms with Gasteiger partial charge in [0.05, 0.1) is 10.7 Å². The molecule has 0 aliphatic heterocycles. The number of halogens is 2. The molecule has 0 amide bonds. The molecule has 3 rings (SSSR count). The Balaban J connectivity index is 1.76. The lowest BCUT2D eigenvalue weighted by molar-refractivity contribution is 0.628. The van der Waals surface area contributed by atoms with E-state index >= 15 is 0 Å². The highest BCUT2D eigenvalue weighted by Crippen LogP contribution is 2.19. The minimum Gasteiger partial charge on any atom is -0.362 e. The maximum absolute atomic E-state index is 13.1. The van der Waals surface area contributed by atoms with Gasteiger partial charge in [-0.25, -0.2) is 4.39 Å². The summed E-state index contributed by atoms with van der Waals surface area (Å²) in [6.07, 6.45) is 4.38. The van der Waals surface area contributed by atoms with E-state index in [2.05, 4.69) is 27.8 Å². The van der Waals surface area contributed by atoms with Crippen molar-refractivity contribution < 1.29 is 4.39 Å². The fourth-order valence-electron chi connectivity index (χ4n) is 2.15. The van der Waals surface area contributed by atoms with Crippen LogP contribution >= 0.6 is 11.6 Å². The van der Waals surface area contributed by atoms with Crippen molar-refractivity contribution >= 4 is 23.4 Å². The number of nitrogens with one attached hydrogen (secondary N) is 1. The number of nitrogens with zero attached hydrogens (tertiary/aromatic N) is 4. The largest absolute Gasteiger partial charge is 0.362 e. The third kappa shape index (κ3) is 3.60. The summed E-state index contributed by atoms with van der Waals surface area (Å²) in [6.45, 7) is 2.10. The highest BCUT2D eigenvalue weighted by atomic mass is 35.5. The first-order valence-electron chi connectivity index (χ1n) is 7.43. The lowest BCUT2D eigenvalue weighted by Crippen LogP contribution is -2.00. The number of tetrazole rings is 1. The molecule has 2 aromatic carbocycles. The standard InChI is InChI=1S/C17H15ClFN5/c1-2-12-3-6-14(7-4-12)24-17(21-22-23-24)9-10-20-13-5-8-16(19)15(18)11-13/h3-11,20H,2H2,1H3/b10-9-. The third-order valence-corrected chi connectivity index (χ3v) is 3.77. The number of aryl methyl sites for hydroxylation is 1. The first kappa shape index (κ1) is 16.1. The van der Waals surface area contributed by atoms with Crippen molar-refractivity contribution in [1.29, 1.82) is 0 Å². The second kappa shape index (κ2) is 7.23. The van der Waals surface area contributed by atoms with Crippen molar-refractivity contribution in [2.75, 3.05) is 5.32 Å². The van der Waals surface area contributed by atoms with Gasteiger partial charge in [-0.15, -0.1) is 5.10 Å². The molecule has 0 aliphatic rings. The molecule has 1 heterocycles. The Morgan fingerprint density at radius 3 is 2.71 bits per heavy atom. The highest BCUT2D eigenvalue weighted by molar-refractivity contribution is 6.31. The van der Waals surface area contributed by atoms with Crippen molar-refractivity contribution in [2.24, 2.45) is 0 Å². The molecule has 0 aliphatic carbocycles. The van der Waals surface area contributed by atoms with Gasteiger partial charge in [0, 0.05) is 18.0 Å². The molecular weight excluding hydrogens is 329 g/mol. The van der Waals surface area contributed by atoms with Gasteiger partial charge in [-0.1, -0.05) is 30.7 Å². The summed E-state index contributed by atoms with van der Waals surface area (Å²) in [6, 6.07) is 12.4. The number of aromatic nitrogens is 4. The second-order valence-electron chi connectivity index (χ2n) is 5.08. The van der Waals surface area contributed by atoms with E-state index in [1.807, 2.05) is 24.3 Å². The topological polar surface area (TPSA) is 55.6 Å². The Morgan fingerprint density at radius 2 is 2.00 bits per heavy atom. The van der Waals surface area contributed by atoms with Crippen LogP contribution in [0.2, 0.25) is 5.02 Å². The van der Waals surface area contributed by atoms with Crippen LogP contribution in [0.1, 0.15) is 18.3 Å². The van der Waals surface area contributed by atoms with Crippen LogP contribution in [-0.2, 0) is 6.42 Å². The van der Waals surface area contributed by atoms with Crippen molar-refractivity contribution in [3.05, 3.63) is 70.9 Å². The molecule has 0 spiro atoms. The van der Waals surface area contributed by atoms with E-state index in [1.54, 1.807) is 23.0 Å². The molecule has 1 aromatic heterocycles. The van der Waals surface area contributed by atoms with Crippen LogP contribution in [-0.4, -0.2) is 20.2 Å². The van der Waals surface area contributed by atoms with E-state index in [9.17, 15) is 4.39 Å². The third-order valence-electron chi connectivity index (χ3n) is 3.48. The van der Waals surface area contributed by atoms with Crippen molar-refractivity contribution in [3.63, 3.8) is 0 Å². The van der Waals surface area contributed by atoms with Gasteiger partial charge in [0.15, 0.2) is 5.82 Å². The van der Waals surface area contributed by atoms with Crippen molar-refractivity contribution in [1.82, 2.24) is 20.2 Å². The summed E-state index contributed by atoms with van der Waals surface area (Å²) in [7, 11) is 0. The van der Waals surface area contributed by atoms with E-state index in [0.717, 1.165) is 12.1 Å². The summed E-state index contributed by atoms with van der Waals surface area (Å²) >= 11 is 5.75. The minimum atomic E-state index is -0.453. The number of benzene rings is 2. The SMILES string of the molecule is CCc1ccc(-n2nnnc2/C=C\Nc2ccc(F)c(Cl)c2)cc1. The first-order valence-corrected chi connectivity index (χ1v) is 7.81. The number of hydrogen-bond acceptors (Lipinski definition) is 4. The number of anilines is 1. The molecular formula is C17H15ClFN5. The maximum Gasteiger partial charge on any atom is 0.181 e. The summed E-state index contributed by atoms with van der Waals surface area (Å²) < 4.78 is 14.8. The Hall–Kier alpha value is -2.73. The van der Waals surface area contributed by atoms with Crippen molar-refractivity contribution in [2.45, 2.75) is 13.3 Å². The zero-order valence-corrected chi connectivity index (χ0v) is 13.7. The van der Waals surface area contributed by atoms with Crippen LogP contribution in [0.3, 0.4) is 0 Å².